The number of para-hydroxylation sites is 1. The van der Waals surface area contributed by atoms with Crippen LogP contribution in [-0.4, -0.2) is 5.00 Å². The molecule has 2 rings (SSSR count). The number of hydrogen-bond acceptors (Lipinski definition) is 1. The second-order valence-electron chi connectivity index (χ2n) is 2.99. The Balaban J connectivity index is 2.68. The lowest BCUT2D eigenvalue weighted by atomic mass is 10.2. The third-order valence-corrected chi connectivity index (χ3v) is 2.58. The monoisotopic (exact) mass is 179 g/mol. The van der Waals surface area contributed by atoms with Crippen LogP contribution >= 0.6 is 11.6 Å². The van der Waals surface area contributed by atoms with Crippen molar-refractivity contribution in [3.05, 3.63) is 34.8 Å². The van der Waals surface area contributed by atoms with Crippen LogP contribution in [0, 0.1) is 0 Å². The molecule has 0 fully saturated rings. The van der Waals surface area contributed by atoms with Crippen LogP contribution in [0.25, 0.3) is 6.08 Å². The van der Waals surface area contributed by atoms with Crippen molar-refractivity contribution in [2.75, 3.05) is 0 Å². The van der Waals surface area contributed by atoms with E-state index in [0.717, 1.165) is 17.0 Å². The van der Waals surface area contributed by atoms with E-state index in [2.05, 4.69) is 4.99 Å². The second-order valence-corrected chi connectivity index (χ2v) is 3.64. The molecule has 1 atom stereocenters. The van der Waals surface area contributed by atoms with E-state index < -0.39 is 5.00 Å². The minimum atomic E-state index is -0.482. The molecule has 0 amide bonds. The van der Waals surface area contributed by atoms with Gasteiger partial charge in [-0.2, -0.15) is 0 Å². The Hall–Kier alpha value is -0.820. The number of fused-ring (bicyclic) bond motifs is 1. The van der Waals surface area contributed by atoms with Gasteiger partial charge in [0, 0.05) is 0 Å². The van der Waals surface area contributed by atoms with E-state index in [-0.39, 0.29) is 0 Å². The standard InChI is InChI=1S/C10H10ClN/c1-2-10(11)7-8-5-3-4-6-9(8)12-10/h3-7H,2H2,1H3. The lowest BCUT2D eigenvalue weighted by molar-refractivity contribution is 0.737. The Labute approximate surface area is 76.4 Å². The Bertz CT molecular complexity index is 373. The summed E-state index contributed by atoms with van der Waals surface area (Å²) in [5.74, 6) is 0. The van der Waals surface area contributed by atoms with Crippen LogP contribution in [0.2, 0.25) is 0 Å². The van der Waals surface area contributed by atoms with Gasteiger partial charge in [0.15, 0.2) is 5.00 Å². The predicted octanol–water partition coefficient (Wildman–Crippen LogP) is 1.45. The van der Waals surface area contributed by atoms with Gasteiger partial charge in [-0.3, -0.25) is 4.99 Å². The van der Waals surface area contributed by atoms with Crippen molar-refractivity contribution in [3.8, 4) is 0 Å². The summed E-state index contributed by atoms with van der Waals surface area (Å²) in [4.78, 5) is 3.93. The van der Waals surface area contributed by atoms with Crippen LogP contribution in [0.15, 0.2) is 29.3 Å². The highest BCUT2D eigenvalue weighted by molar-refractivity contribution is 6.27. The quantitative estimate of drug-likeness (QED) is 0.457. The van der Waals surface area contributed by atoms with Crippen LogP contribution in [0.1, 0.15) is 13.3 Å². The summed E-state index contributed by atoms with van der Waals surface area (Å²) in [5, 5.41) is 2.16. The molecule has 0 aromatic heterocycles. The summed E-state index contributed by atoms with van der Waals surface area (Å²) in [6.07, 6.45) is 2.85. The van der Waals surface area contributed by atoms with Crippen LogP contribution in [-0.2, 0) is 0 Å². The van der Waals surface area contributed by atoms with Crippen molar-refractivity contribution < 1.29 is 0 Å². The number of nitrogens with zero attached hydrogens (tertiary/aromatic N) is 1. The van der Waals surface area contributed by atoms with E-state index in [1.165, 1.54) is 0 Å². The Kier molecular flexibility index (Phi) is 1.69. The van der Waals surface area contributed by atoms with Crippen molar-refractivity contribution in [1.82, 2.24) is 0 Å². The zero-order valence-corrected chi connectivity index (χ0v) is 7.67. The molecule has 0 spiro atoms. The summed E-state index contributed by atoms with van der Waals surface area (Å²) in [5.41, 5.74) is 0. The third kappa shape index (κ3) is 1.14. The number of rotatable bonds is 1. The third-order valence-electron chi connectivity index (χ3n) is 2.12. The summed E-state index contributed by atoms with van der Waals surface area (Å²) in [6.45, 7) is 2.04. The molecule has 1 aromatic rings. The van der Waals surface area contributed by atoms with Gasteiger partial charge < -0.3 is 0 Å². The highest BCUT2D eigenvalue weighted by Gasteiger charge is 2.22. The smallest absolute Gasteiger partial charge is 0.153 e. The van der Waals surface area contributed by atoms with Crippen molar-refractivity contribution >= 4 is 17.7 Å². The minimum Gasteiger partial charge on any atom is -0.258 e. The first kappa shape index (κ1) is 7.81. The Morgan fingerprint density at radius 1 is 1.42 bits per heavy atom. The van der Waals surface area contributed by atoms with E-state index in [1.807, 2.05) is 37.3 Å². The molecular formula is C10H10ClN. The van der Waals surface area contributed by atoms with Crippen molar-refractivity contribution in [2.24, 2.45) is 4.99 Å². The molecule has 0 saturated heterocycles. The van der Waals surface area contributed by atoms with Crippen molar-refractivity contribution in [2.45, 2.75) is 18.3 Å². The first-order valence-electron chi connectivity index (χ1n) is 4.10. The van der Waals surface area contributed by atoms with Gasteiger partial charge in [-0.05, 0) is 23.8 Å². The SMILES string of the molecule is CCC1(Cl)C=c2ccccc2=N1. The summed E-state index contributed by atoms with van der Waals surface area (Å²) >= 11 is 6.20. The van der Waals surface area contributed by atoms with Gasteiger partial charge in [0.05, 0.1) is 5.36 Å². The molecule has 12 heavy (non-hydrogen) atoms. The van der Waals surface area contributed by atoms with Gasteiger partial charge in [0.2, 0.25) is 0 Å². The Morgan fingerprint density at radius 2 is 2.17 bits per heavy atom. The molecule has 1 aromatic carbocycles. The fraction of sp³-hybridized carbons (Fsp3) is 0.300. The zero-order valence-electron chi connectivity index (χ0n) is 6.92. The van der Waals surface area contributed by atoms with Gasteiger partial charge in [-0.1, -0.05) is 36.7 Å². The van der Waals surface area contributed by atoms with Crippen molar-refractivity contribution in [3.63, 3.8) is 0 Å². The molecule has 2 heteroatoms. The number of hydrogen-bond donors (Lipinski definition) is 0. The van der Waals surface area contributed by atoms with E-state index in [0.29, 0.717) is 0 Å². The van der Waals surface area contributed by atoms with Crippen molar-refractivity contribution in [1.29, 1.82) is 0 Å². The molecule has 1 unspecified atom stereocenters. The normalized spacial score (nSPS) is 25.8. The minimum absolute atomic E-state index is 0.482. The predicted molar refractivity (Wildman–Crippen MR) is 50.6 cm³/mol. The van der Waals surface area contributed by atoms with E-state index in [9.17, 15) is 0 Å². The molecule has 0 N–H and O–H groups in total. The van der Waals surface area contributed by atoms with Crippen LogP contribution in [0.5, 0.6) is 0 Å². The molecule has 0 bridgehead atoms. The van der Waals surface area contributed by atoms with Crippen LogP contribution in [0.3, 0.4) is 0 Å². The number of benzene rings is 1. The maximum absolute atomic E-state index is 6.20. The fourth-order valence-corrected chi connectivity index (χ4v) is 1.57. The number of halogens is 1. The molecule has 62 valence electrons. The van der Waals surface area contributed by atoms with Gasteiger partial charge >= 0.3 is 0 Å². The van der Waals surface area contributed by atoms with Crippen LogP contribution < -0.4 is 10.6 Å². The molecular weight excluding hydrogens is 170 g/mol. The topological polar surface area (TPSA) is 12.4 Å². The van der Waals surface area contributed by atoms with Gasteiger partial charge in [-0.15, -0.1) is 0 Å². The zero-order chi connectivity index (χ0) is 8.60. The van der Waals surface area contributed by atoms with E-state index in [1.54, 1.807) is 0 Å². The molecule has 0 radical (unpaired) electrons. The summed E-state index contributed by atoms with van der Waals surface area (Å²) < 4.78 is 0. The fourth-order valence-electron chi connectivity index (χ4n) is 1.36. The van der Waals surface area contributed by atoms with Crippen LogP contribution in [0.4, 0.5) is 0 Å². The largest absolute Gasteiger partial charge is 0.258 e. The lowest BCUT2D eigenvalue weighted by Crippen LogP contribution is -2.19. The molecule has 0 saturated carbocycles. The maximum atomic E-state index is 6.20. The van der Waals surface area contributed by atoms with Gasteiger partial charge in [-0.25, -0.2) is 0 Å². The molecule has 1 heterocycles. The van der Waals surface area contributed by atoms with Gasteiger partial charge in [0.1, 0.15) is 0 Å². The summed E-state index contributed by atoms with van der Waals surface area (Å²) in [7, 11) is 0. The van der Waals surface area contributed by atoms with Gasteiger partial charge in [0.25, 0.3) is 0 Å². The highest BCUT2D eigenvalue weighted by atomic mass is 35.5. The molecule has 0 aliphatic carbocycles. The molecule has 1 aliphatic rings. The highest BCUT2D eigenvalue weighted by Crippen LogP contribution is 2.23. The maximum Gasteiger partial charge on any atom is 0.153 e. The average Bonchev–Trinajstić information content (AvgIpc) is 2.42. The number of alkyl halides is 1. The second kappa shape index (κ2) is 2.60. The van der Waals surface area contributed by atoms with E-state index >= 15 is 0 Å². The average molecular weight is 180 g/mol. The Morgan fingerprint density at radius 3 is 2.83 bits per heavy atom. The first-order valence-corrected chi connectivity index (χ1v) is 4.48. The molecule has 1 aliphatic heterocycles. The molecule has 1 nitrogen and oxygen atoms in total. The lowest BCUT2D eigenvalue weighted by Gasteiger charge is -2.10. The first-order chi connectivity index (χ1) is 5.73. The summed E-state index contributed by atoms with van der Waals surface area (Å²) in [6, 6.07) is 8.02. The van der Waals surface area contributed by atoms with E-state index in [4.69, 9.17) is 11.6 Å².